The number of phosphoric acid groups is 1. The third-order valence-electron chi connectivity index (χ3n) is 10.2. The third kappa shape index (κ3) is 42.4. The molecule has 3 atom stereocenters. The van der Waals surface area contributed by atoms with Crippen LogP contribution in [0.25, 0.3) is 0 Å². The van der Waals surface area contributed by atoms with Crippen LogP contribution in [0.2, 0.25) is 0 Å². The molecule has 2 N–H and O–H groups in total. The summed E-state index contributed by atoms with van der Waals surface area (Å²) in [5.74, 6) is -0.217. The van der Waals surface area contributed by atoms with Gasteiger partial charge in [-0.25, -0.2) is 0 Å². The lowest BCUT2D eigenvalue weighted by atomic mass is 10.1. The van der Waals surface area contributed by atoms with Crippen molar-refractivity contribution in [3.05, 3.63) is 48.6 Å². The van der Waals surface area contributed by atoms with Crippen molar-refractivity contribution in [3.63, 3.8) is 0 Å². The van der Waals surface area contributed by atoms with Crippen LogP contribution in [-0.2, 0) is 18.4 Å². The summed E-state index contributed by atoms with van der Waals surface area (Å²) in [7, 11) is 1.23. The molecule has 0 aliphatic heterocycles. The number of unbranched alkanes of at least 4 members (excludes halogenated alkanes) is 23. The first-order valence-electron chi connectivity index (χ1n) is 23.5. The van der Waals surface area contributed by atoms with Crippen LogP contribution in [0.4, 0.5) is 0 Å². The maximum Gasteiger partial charge on any atom is 0.268 e. The maximum absolute atomic E-state index is 12.9. The lowest BCUT2D eigenvalue weighted by Gasteiger charge is -2.29. The summed E-state index contributed by atoms with van der Waals surface area (Å²) in [6, 6.07) is -0.911. The summed E-state index contributed by atoms with van der Waals surface area (Å²) in [5.41, 5.74) is 0. The molecule has 0 aliphatic carbocycles. The Bertz CT molecular complexity index is 1070. The van der Waals surface area contributed by atoms with Crippen LogP contribution in [0.1, 0.15) is 200 Å². The van der Waals surface area contributed by atoms with Gasteiger partial charge in [-0.1, -0.05) is 172 Å². The number of aliphatic hydroxyl groups is 1. The first kappa shape index (κ1) is 55.5. The van der Waals surface area contributed by atoms with E-state index in [4.69, 9.17) is 9.05 Å². The molecule has 0 fully saturated rings. The standard InChI is InChI=1S/C48H91N2O6P/c1-6-8-10-12-14-16-18-20-22-24-26-27-29-31-33-35-37-39-41-47(51)46(45-56-57(53,54)55-44-43-50(3,4)5)49-48(52)42-40-38-36-34-32-30-28-25-23-21-19-17-15-13-11-9-7-2/h21,23-24,26,31,33,39,41,46-47,51H,6-20,22,25,27-30,32,34-38,40,42-45H2,1-5H3,(H-,49,52,53,54)/b23-21-,26-24+,33-31+,41-39+. The molecular weight excluding hydrogens is 732 g/mol. The van der Waals surface area contributed by atoms with Gasteiger partial charge in [-0.05, 0) is 70.6 Å². The van der Waals surface area contributed by atoms with E-state index in [0.717, 1.165) is 44.9 Å². The fraction of sp³-hybridized carbons (Fsp3) is 0.812. The molecule has 0 aromatic heterocycles. The quantitative estimate of drug-likeness (QED) is 0.0275. The first-order chi connectivity index (χ1) is 27.5. The summed E-state index contributed by atoms with van der Waals surface area (Å²) in [4.78, 5) is 25.3. The Morgan fingerprint density at radius 1 is 0.596 bits per heavy atom. The average Bonchev–Trinajstić information content (AvgIpc) is 3.16. The molecule has 0 aromatic rings. The van der Waals surface area contributed by atoms with Crippen molar-refractivity contribution in [1.82, 2.24) is 5.32 Å². The molecule has 0 aromatic carbocycles. The van der Waals surface area contributed by atoms with E-state index in [1.54, 1.807) is 6.08 Å². The number of amides is 1. The number of hydrogen-bond donors (Lipinski definition) is 2. The van der Waals surface area contributed by atoms with Crippen LogP contribution < -0.4 is 10.2 Å². The predicted octanol–water partition coefficient (Wildman–Crippen LogP) is 12.6. The number of allylic oxidation sites excluding steroid dienone is 7. The molecule has 1 amide bonds. The van der Waals surface area contributed by atoms with Gasteiger partial charge in [0.2, 0.25) is 5.91 Å². The highest BCUT2D eigenvalue weighted by molar-refractivity contribution is 7.45. The Morgan fingerprint density at radius 2 is 0.982 bits per heavy atom. The Labute approximate surface area is 352 Å². The van der Waals surface area contributed by atoms with Crippen molar-refractivity contribution in [1.29, 1.82) is 0 Å². The van der Waals surface area contributed by atoms with E-state index in [-0.39, 0.29) is 12.5 Å². The number of hydrogen-bond acceptors (Lipinski definition) is 6. The predicted molar refractivity (Wildman–Crippen MR) is 242 cm³/mol. The molecule has 0 saturated carbocycles. The molecule has 0 rings (SSSR count). The van der Waals surface area contributed by atoms with E-state index in [1.807, 2.05) is 27.2 Å². The first-order valence-corrected chi connectivity index (χ1v) is 25.0. The Hall–Kier alpha value is -1.54. The summed E-state index contributed by atoms with van der Waals surface area (Å²) in [5, 5.41) is 13.8. The van der Waals surface area contributed by atoms with Gasteiger partial charge in [0, 0.05) is 6.42 Å². The fourth-order valence-electron chi connectivity index (χ4n) is 6.47. The largest absolute Gasteiger partial charge is 0.756 e. The minimum Gasteiger partial charge on any atom is -0.756 e. The molecule has 0 bridgehead atoms. The summed E-state index contributed by atoms with van der Waals surface area (Å²) < 4.78 is 23.2. The highest BCUT2D eigenvalue weighted by Gasteiger charge is 2.23. The van der Waals surface area contributed by atoms with Crippen molar-refractivity contribution < 1.29 is 32.9 Å². The molecular formula is C48H91N2O6P. The lowest BCUT2D eigenvalue weighted by Crippen LogP contribution is -2.45. The molecule has 3 unspecified atom stereocenters. The van der Waals surface area contributed by atoms with Crippen molar-refractivity contribution in [3.8, 4) is 0 Å². The second-order valence-corrected chi connectivity index (χ2v) is 18.5. The molecule has 0 saturated heterocycles. The highest BCUT2D eigenvalue weighted by Crippen LogP contribution is 2.38. The smallest absolute Gasteiger partial charge is 0.268 e. The summed E-state index contributed by atoms with van der Waals surface area (Å²) in [6.45, 7) is 4.60. The van der Waals surface area contributed by atoms with E-state index in [2.05, 4.69) is 55.6 Å². The number of aliphatic hydroxyl groups excluding tert-OH is 1. The number of quaternary nitrogens is 1. The minimum absolute atomic E-state index is 0.0107. The SMILES string of the molecule is CCCCCCCC/C=C\CCCCCCCCCC(=O)NC(COP(=O)([O-])OCC[N+](C)(C)C)C(O)/C=C/CC/C=C/CC/C=C/CCCCCCCCCC. The zero-order chi connectivity index (χ0) is 42.1. The molecule has 0 spiro atoms. The molecule has 9 heteroatoms. The second-order valence-electron chi connectivity index (χ2n) is 17.1. The monoisotopic (exact) mass is 823 g/mol. The maximum atomic E-state index is 12.9. The Morgan fingerprint density at radius 3 is 1.42 bits per heavy atom. The van der Waals surface area contributed by atoms with Crippen LogP contribution in [-0.4, -0.2) is 68.5 Å². The number of nitrogens with zero attached hydrogens (tertiary/aromatic N) is 1. The number of phosphoric ester groups is 1. The number of likely N-dealkylation sites (N-methyl/N-ethyl adjacent to an activating group) is 1. The topological polar surface area (TPSA) is 108 Å². The third-order valence-corrected chi connectivity index (χ3v) is 11.2. The number of rotatable bonds is 42. The van der Waals surface area contributed by atoms with Crippen LogP contribution in [0.15, 0.2) is 48.6 Å². The van der Waals surface area contributed by atoms with Crippen LogP contribution >= 0.6 is 7.82 Å². The lowest BCUT2D eigenvalue weighted by molar-refractivity contribution is -0.870. The van der Waals surface area contributed by atoms with E-state index in [0.29, 0.717) is 17.4 Å². The van der Waals surface area contributed by atoms with E-state index < -0.39 is 26.6 Å². The van der Waals surface area contributed by atoms with Crippen LogP contribution in [0.3, 0.4) is 0 Å². The van der Waals surface area contributed by atoms with Gasteiger partial charge in [0.15, 0.2) is 0 Å². The Balaban J connectivity index is 4.48. The molecule has 0 radical (unpaired) electrons. The number of carbonyl (C=O) groups is 1. The average molecular weight is 823 g/mol. The minimum atomic E-state index is -4.60. The Kier molecular flexibility index (Phi) is 38.8. The van der Waals surface area contributed by atoms with Crippen LogP contribution in [0.5, 0.6) is 0 Å². The van der Waals surface area contributed by atoms with Crippen molar-refractivity contribution in [2.75, 3.05) is 40.9 Å². The van der Waals surface area contributed by atoms with Crippen molar-refractivity contribution >= 4 is 13.7 Å². The molecule has 57 heavy (non-hydrogen) atoms. The van der Waals surface area contributed by atoms with Gasteiger partial charge in [-0.3, -0.25) is 9.36 Å². The number of nitrogens with one attached hydrogen (secondary N) is 1. The van der Waals surface area contributed by atoms with Crippen molar-refractivity contribution in [2.24, 2.45) is 0 Å². The fourth-order valence-corrected chi connectivity index (χ4v) is 7.19. The van der Waals surface area contributed by atoms with Gasteiger partial charge < -0.3 is 28.8 Å². The van der Waals surface area contributed by atoms with E-state index >= 15 is 0 Å². The molecule has 0 heterocycles. The van der Waals surface area contributed by atoms with Crippen molar-refractivity contribution in [2.45, 2.75) is 212 Å². The summed E-state index contributed by atoms with van der Waals surface area (Å²) >= 11 is 0. The van der Waals surface area contributed by atoms with E-state index in [1.165, 1.54) is 135 Å². The highest BCUT2D eigenvalue weighted by atomic mass is 31.2. The molecule has 0 aliphatic rings. The van der Waals surface area contributed by atoms with Gasteiger partial charge in [0.1, 0.15) is 13.2 Å². The van der Waals surface area contributed by atoms with Gasteiger partial charge in [0.25, 0.3) is 7.82 Å². The normalized spacial score (nSPS) is 14.7. The zero-order valence-corrected chi connectivity index (χ0v) is 38.7. The van der Waals surface area contributed by atoms with E-state index in [9.17, 15) is 19.4 Å². The molecule has 334 valence electrons. The zero-order valence-electron chi connectivity index (χ0n) is 37.8. The molecule has 8 nitrogen and oxygen atoms in total. The van der Waals surface area contributed by atoms with Gasteiger partial charge in [0.05, 0.1) is 39.9 Å². The van der Waals surface area contributed by atoms with Gasteiger partial charge >= 0.3 is 0 Å². The van der Waals surface area contributed by atoms with Gasteiger partial charge in [-0.2, -0.15) is 0 Å². The number of carbonyl (C=O) groups excluding carboxylic acids is 1. The van der Waals surface area contributed by atoms with Gasteiger partial charge in [-0.15, -0.1) is 0 Å². The van der Waals surface area contributed by atoms with Crippen LogP contribution in [0, 0.1) is 0 Å². The summed E-state index contributed by atoms with van der Waals surface area (Å²) in [6.07, 6.45) is 50.2. The second kappa shape index (κ2) is 39.9.